The van der Waals surface area contributed by atoms with Crippen LogP contribution in [0, 0.1) is 0 Å². The Hall–Kier alpha value is -0.940. The minimum absolute atomic E-state index is 0.327. The summed E-state index contributed by atoms with van der Waals surface area (Å²) in [5, 5.41) is 7.21. The molecule has 1 atom stereocenters. The van der Waals surface area contributed by atoms with Gasteiger partial charge in [-0.25, -0.2) is 0 Å². The van der Waals surface area contributed by atoms with Gasteiger partial charge in [-0.15, -0.1) is 0 Å². The molecule has 0 aromatic carbocycles. The molecule has 1 aromatic rings. The highest BCUT2D eigenvalue weighted by Crippen LogP contribution is 2.19. The van der Waals surface area contributed by atoms with Crippen LogP contribution in [0.4, 0.5) is 0 Å². The average molecular weight is 182 g/mol. The predicted molar refractivity (Wildman–Crippen MR) is 47.0 cm³/mol. The summed E-state index contributed by atoms with van der Waals surface area (Å²) < 4.78 is 4.95. The second-order valence-electron chi connectivity index (χ2n) is 3.29. The molecule has 2 rings (SSSR count). The third-order valence-corrected chi connectivity index (χ3v) is 2.32. The summed E-state index contributed by atoms with van der Waals surface area (Å²) in [4.78, 5) is 4.21. The van der Waals surface area contributed by atoms with Gasteiger partial charge in [0.2, 0.25) is 5.89 Å². The average Bonchev–Trinajstić information content (AvgIpc) is 2.67. The van der Waals surface area contributed by atoms with Crippen LogP contribution in [-0.2, 0) is 6.54 Å². The molecule has 1 aromatic heterocycles. The number of hydrogen-bond acceptors (Lipinski definition) is 5. The number of nitrogens with one attached hydrogen (secondary N) is 1. The molecule has 3 N–H and O–H groups in total. The van der Waals surface area contributed by atoms with E-state index in [1.54, 1.807) is 0 Å². The molecular weight excluding hydrogens is 168 g/mol. The molecule has 0 aliphatic carbocycles. The molecule has 1 unspecified atom stereocenters. The number of piperidine rings is 1. The van der Waals surface area contributed by atoms with Crippen LogP contribution in [-0.4, -0.2) is 23.2 Å². The molecule has 5 heteroatoms. The van der Waals surface area contributed by atoms with E-state index in [0.717, 1.165) is 25.3 Å². The van der Waals surface area contributed by atoms with Gasteiger partial charge in [-0.3, -0.25) is 0 Å². The van der Waals surface area contributed by atoms with Gasteiger partial charge in [-0.05, 0) is 19.4 Å². The molecule has 2 heterocycles. The van der Waals surface area contributed by atoms with Gasteiger partial charge < -0.3 is 15.6 Å². The topological polar surface area (TPSA) is 77.0 Å². The van der Waals surface area contributed by atoms with Gasteiger partial charge in [0.25, 0.3) is 0 Å². The molecule has 1 aliphatic heterocycles. The van der Waals surface area contributed by atoms with Crippen molar-refractivity contribution >= 4 is 0 Å². The Bertz CT molecular complexity index is 267. The third kappa shape index (κ3) is 1.87. The van der Waals surface area contributed by atoms with Gasteiger partial charge in [0.15, 0.2) is 5.82 Å². The Balaban J connectivity index is 2.05. The van der Waals surface area contributed by atoms with Crippen molar-refractivity contribution in [2.24, 2.45) is 5.73 Å². The fourth-order valence-electron chi connectivity index (χ4n) is 1.59. The second kappa shape index (κ2) is 3.85. The quantitative estimate of drug-likeness (QED) is 0.673. The maximum atomic E-state index is 5.38. The first kappa shape index (κ1) is 8.65. The number of hydrogen-bond donors (Lipinski definition) is 2. The summed E-state index contributed by atoms with van der Waals surface area (Å²) in [5.74, 6) is 1.73. The van der Waals surface area contributed by atoms with Crippen LogP contribution in [0.3, 0.4) is 0 Å². The van der Waals surface area contributed by atoms with E-state index in [0.29, 0.717) is 18.4 Å². The van der Waals surface area contributed by atoms with E-state index in [9.17, 15) is 0 Å². The lowest BCUT2D eigenvalue weighted by Gasteiger charge is -2.19. The highest BCUT2D eigenvalue weighted by molar-refractivity contribution is 4.97. The van der Waals surface area contributed by atoms with E-state index in [1.165, 1.54) is 6.42 Å². The van der Waals surface area contributed by atoms with Crippen molar-refractivity contribution in [3.8, 4) is 0 Å². The number of nitrogens with two attached hydrogens (primary N) is 1. The Morgan fingerprint density at radius 3 is 3.15 bits per heavy atom. The Morgan fingerprint density at radius 2 is 2.54 bits per heavy atom. The monoisotopic (exact) mass is 182 g/mol. The van der Waals surface area contributed by atoms with E-state index >= 15 is 0 Å². The maximum Gasteiger partial charge on any atom is 0.240 e. The van der Waals surface area contributed by atoms with E-state index in [2.05, 4.69) is 15.5 Å². The van der Waals surface area contributed by atoms with Gasteiger partial charge in [0, 0.05) is 12.5 Å². The van der Waals surface area contributed by atoms with Crippen LogP contribution in [0.15, 0.2) is 4.52 Å². The van der Waals surface area contributed by atoms with E-state index in [-0.39, 0.29) is 0 Å². The molecule has 5 nitrogen and oxygen atoms in total. The third-order valence-electron chi connectivity index (χ3n) is 2.32. The van der Waals surface area contributed by atoms with Crippen LogP contribution in [0.2, 0.25) is 0 Å². The zero-order chi connectivity index (χ0) is 9.10. The summed E-state index contributed by atoms with van der Waals surface area (Å²) in [6, 6.07) is 0. The zero-order valence-electron chi connectivity index (χ0n) is 7.49. The van der Waals surface area contributed by atoms with Gasteiger partial charge in [-0.2, -0.15) is 4.98 Å². The number of aromatic nitrogens is 2. The lowest BCUT2D eigenvalue weighted by molar-refractivity contribution is 0.362. The van der Waals surface area contributed by atoms with Gasteiger partial charge in [-0.1, -0.05) is 5.16 Å². The van der Waals surface area contributed by atoms with Crippen molar-refractivity contribution in [2.75, 3.05) is 13.1 Å². The van der Waals surface area contributed by atoms with Gasteiger partial charge >= 0.3 is 0 Å². The minimum atomic E-state index is 0.327. The fourth-order valence-corrected chi connectivity index (χ4v) is 1.59. The predicted octanol–water partition coefficient (Wildman–Crippen LogP) is -0.00470. The Kier molecular flexibility index (Phi) is 2.56. The molecule has 1 fully saturated rings. The second-order valence-corrected chi connectivity index (χ2v) is 3.29. The first-order chi connectivity index (χ1) is 6.40. The molecule has 13 heavy (non-hydrogen) atoms. The molecule has 0 amide bonds. The smallest absolute Gasteiger partial charge is 0.240 e. The lowest BCUT2D eigenvalue weighted by Crippen LogP contribution is -2.28. The minimum Gasteiger partial charge on any atom is -0.338 e. The standard InChI is InChI=1S/C8H14N4O/c9-4-7-11-8(12-13-7)6-2-1-3-10-5-6/h6,10H,1-5,9H2. The largest absolute Gasteiger partial charge is 0.338 e. The van der Waals surface area contributed by atoms with E-state index in [4.69, 9.17) is 10.3 Å². The van der Waals surface area contributed by atoms with Crippen molar-refractivity contribution < 1.29 is 4.52 Å². The van der Waals surface area contributed by atoms with Crippen LogP contribution in [0.1, 0.15) is 30.5 Å². The zero-order valence-corrected chi connectivity index (χ0v) is 7.49. The Labute approximate surface area is 76.7 Å². The van der Waals surface area contributed by atoms with Crippen molar-refractivity contribution in [2.45, 2.75) is 25.3 Å². The molecule has 0 spiro atoms. The summed E-state index contributed by atoms with van der Waals surface area (Å²) >= 11 is 0. The molecule has 1 saturated heterocycles. The van der Waals surface area contributed by atoms with Crippen molar-refractivity contribution in [3.05, 3.63) is 11.7 Å². The highest BCUT2D eigenvalue weighted by atomic mass is 16.5. The maximum absolute atomic E-state index is 5.38. The van der Waals surface area contributed by atoms with Crippen molar-refractivity contribution in [3.63, 3.8) is 0 Å². The lowest BCUT2D eigenvalue weighted by atomic mass is 9.99. The summed E-state index contributed by atoms with van der Waals surface area (Å²) in [7, 11) is 0. The summed E-state index contributed by atoms with van der Waals surface area (Å²) in [6.07, 6.45) is 2.31. The van der Waals surface area contributed by atoms with Crippen LogP contribution >= 0.6 is 0 Å². The molecule has 1 aliphatic rings. The fraction of sp³-hybridized carbons (Fsp3) is 0.750. The summed E-state index contributed by atoms with van der Waals surface area (Å²) in [6.45, 7) is 2.37. The molecule has 0 bridgehead atoms. The first-order valence-electron chi connectivity index (χ1n) is 4.63. The summed E-state index contributed by atoms with van der Waals surface area (Å²) in [5.41, 5.74) is 5.38. The van der Waals surface area contributed by atoms with Gasteiger partial charge in [0.1, 0.15) is 0 Å². The van der Waals surface area contributed by atoms with E-state index < -0.39 is 0 Å². The number of nitrogens with zero attached hydrogens (tertiary/aromatic N) is 2. The number of rotatable bonds is 2. The van der Waals surface area contributed by atoms with Crippen LogP contribution in [0.5, 0.6) is 0 Å². The SMILES string of the molecule is NCc1nc(C2CCCNC2)no1. The van der Waals surface area contributed by atoms with Crippen molar-refractivity contribution in [1.29, 1.82) is 0 Å². The molecule has 0 saturated carbocycles. The van der Waals surface area contributed by atoms with Crippen LogP contribution in [0.25, 0.3) is 0 Å². The molecule has 72 valence electrons. The Morgan fingerprint density at radius 1 is 1.62 bits per heavy atom. The normalized spacial score (nSPS) is 23.3. The highest BCUT2D eigenvalue weighted by Gasteiger charge is 2.19. The van der Waals surface area contributed by atoms with Gasteiger partial charge in [0.05, 0.1) is 6.54 Å². The first-order valence-corrected chi connectivity index (χ1v) is 4.63. The molecular formula is C8H14N4O. The van der Waals surface area contributed by atoms with E-state index in [1.807, 2.05) is 0 Å². The van der Waals surface area contributed by atoms with Crippen LogP contribution < -0.4 is 11.1 Å². The molecule has 0 radical (unpaired) electrons. The van der Waals surface area contributed by atoms with Crippen molar-refractivity contribution in [1.82, 2.24) is 15.5 Å².